The average molecular weight is 268 g/mol. The van der Waals surface area contributed by atoms with Gasteiger partial charge in [-0.2, -0.15) is 0 Å². The van der Waals surface area contributed by atoms with E-state index in [1.165, 1.54) is 0 Å². The number of para-hydroxylation sites is 1. The van der Waals surface area contributed by atoms with Crippen molar-refractivity contribution in [2.24, 2.45) is 12.8 Å². The lowest BCUT2D eigenvalue weighted by atomic mass is 10.1. The Kier molecular flexibility index (Phi) is 3.12. The Labute approximate surface area is 117 Å². The van der Waals surface area contributed by atoms with E-state index in [-0.39, 0.29) is 0 Å². The highest BCUT2D eigenvalue weighted by molar-refractivity contribution is 5.95. The van der Waals surface area contributed by atoms with Crippen molar-refractivity contribution in [2.45, 2.75) is 6.54 Å². The maximum Gasteiger partial charge on any atom is 0.144 e. The summed E-state index contributed by atoms with van der Waals surface area (Å²) in [6, 6.07) is 7.83. The number of nitrogens with two attached hydrogens (primary N) is 1. The van der Waals surface area contributed by atoms with Crippen LogP contribution >= 0.6 is 0 Å². The van der Waals surface area contributed by atoms with Crippen molar-refractivity contribution in [2.75, 3.05) is 7.11 Å². The molecular weight excluding hydrogens is 252 g/mol. The van der Waals surface area contributed by atoms with Gasteiger partial charge in [0.05, 0.1) is 12.8 Å². The fraction of sp³-hybridized carbons (Fsp3) is 0.200. The Bertz CT molecular complexity index is 764. The molecule has 0 fully saturated rings. The highest BCUT2D eigenvalue weighted by atomic mass is 16.5. The Morgan fingerprint density at radius 1 is 1.25 bits per heavy atom. The van der Waals surface area contributed by atoms with Crippen LogP contribution in [0.3, 0.4) is 0 Å². The van der Waals surface area contributed by atoms with Gasteiger partial charge in [0, 0.05) is 30.7 Å². The molecule has 1 aromatic carbocycles. The number of hydrogen-bond acceptors (Lipinski definition) is 4. The number of nitrogens with zero attached hydrogens (tertiary/aromatic N) is 3. The number of rotatable bonds is 3. The van der Waals surface area contributed by atoms with E-state index in [0.717, 1.165) is 33.6 Å². The molecule has 20 heavy (non-hydrogen) atoms. The van der Waals surface area contributed by atoms with Gasteiger partial charge in [-0.15, -0.1) is 0 Å². The van der Waals surface area contributed by atoms with Crippen molar-refractivity contribution < 1.29 is 4.74 Å². The second-order valence-corrected chi connectivity index (χ2v) is 4.59. The number of methoxy groups -OCH3 is 1. The van der Waals surface area contributed by atoms with Crippen LogP contribution in [0.1, 0.15) is 5.56 Å². The Hall–Kier alpha value is -2.40. The van der Waals surface area contributed by atoms with Crippen molar-refractivity contribution in [1.82, 2.24) is 14.5 Å². The molecule has 0 aliphatic carbocycles. The molecule has 3 rings (SSSR count). The fourth-order valence-electron chi connectivity index (χ4n) is 2.50. The Morgan fingerprint density at radius 2 is 2.05 bits per heavy atom. The van der Waals surface area contributed by atoms with Crippen LogP contribution in [0.4, 0.5) is 0 Å². The van der Waals surface area contributed by atoms with Gasteiger partial charge in [-0.25, -0.2) is 9.97 Å². The van der Waals surface area contributed by atoms with Crippen molar-refractivity contribution >= 4 is 11.0 Å². The third-order valence-corrected chi connectivity index (χ3v) is 3.41. The van der Waals surface area contributed by atoms with Crippen molar-refractivity contribution in [3.05, 3.63) is 42.4 Å². The van der Waals surface area contributed by atoms with E-state index < -0.39 is 0 Å². The van der Waals surface area contributed by atoms with Crippen LogP contribution in [-0.4, -0.2) is 21.6 Å². The van der Waals surface area contributed by atoms with Gasteiger partial charge in [0.25, 0.3) is 0 Å². The standard InChI is InChI=1S/C15H16N4O/c1-19-8-10(7-16)13-14(17-9-18-15(13)19)11-5-3-4-6-12(11)20-2/h3-6,8-9H,7,16H2,1-2H3. The van der Waals surface area contributed by atoms with Crippen LogP contribution in [0.25, 0.3) is 22.3 Å². The summed E-state index contributed by atoms with van der Waals surface area (Å²) >= 11 is 0. The SMILES string of the molecule is COc1ccccc1-c1ncnc2c1c(CN)cn2C. The molecule has 5 nitrogen and oxygen atoms in total. The summed E-state index contributed by atoms with van der Waals surface area (Å²) < 4.78 is 7.40. The first-order valence-corrected chi connectivity index (χ1v) is 6.38. The first kappa shape index (κ1) is 12.6. The maximum absolute atomic E-state index is 5.85. The van der Waals surface area contributed by atoms with Gasteiger partial charge in [-0.1, -0.05) is 12.1 Å². The minimum Gasteiger partial charge on any atom is -0.496 e. The number of benzene rings is 1. The van der Waals surface area contributed by atoms with Crippen molar-refractivity contribution in [3.8, 4) is 17.0 Å². The van der Waals surface area contributed by atoms with Crippen LogP contribution < -0.4 is 10.5 Å². The quantitative estimate of drug-likeness (QED) is 0.790. The van der Waals surface area contributed by atoms with Gasteiger partial charge in [0.2, 0.25) is 0 Å². The van der Waals surface area contributed by atoms with Gasteiger partial charge >= 0.3 is 0 Å². The number of aryl methyl sites for hydroxylation is 1. The predicted octanol–water partition coefficient (Wildman–Crippen LogP) is 2.10. The summed E-state index contributed by atoms with van der Waals surface area (Å²) in [7, 11) is 3.62. The molecule has 2 heterocycles. The molecule has 0 amide bonds. The Morgan fingerprint density at radius 3 is 2.80 bits per heavy atom. The third kappa shape index (κ3) is 1.83. The minimum absolute atomic E-state index is 0.451. The average Bonchev–Trinajstić information content (AvgIpc) is 2.84. The van der Waals surface area contributed by atoms with E-state index in [0.29, 0.717) is 6.54 Å². The molecule has 2 aromatic heterocycles. The highest BCUT2D eigenvalue weighted by Gasteiger charge is 2.16. The zero-order valence-corrected chi connectivity index (χ0v) is 11.5. The van der Waals surface area contributed by atoms with Gasteiger partial charge in [-0.05, 0) is 17.7 Å². The molecule has 0 radical (unpaired) electrons. The van der Waals surface area contributed by atoms with E-state index in [1.54, 1.807) is 13.4 Å². The molecule has 0 unspecified atom stereocenters. The number of hydrogen-bond donors (Lipinski definition) is 1. The highest BCUT2D eigenvalue weighted by Crippen LogP contribution is 2.34. The van der Waals surface area contributed by atoms with Gasteiger partial charge in [0.1, 0.15) is 17.7 Å². The van der Waals surface area contributed by atoms with Crippen molar-refractivity contribution in [3.63, 3.8) is 0 Å². The van der Waals surface area contributed by atoms with E-state index in [1.807, 2.05) is 42.1 Å². The lowest BCUT2D eigenvalue weighted by Gasteiger charge is -2.09. The molecule has 0 spiro atoms. The predicted molar refractivity (Wildman–Crippen MR) is 78.4 cm³/mol. The fourth-order valence-corrected chi connectivity index (χ4v) is 2.50. The minimum atomic E-state index is 0.451. The van der Waals surface area contributed by atoms with Crippen molar-refractivity contribution in [1.29, 1.82) is 0 Å². The molecule has 0 bridgehead atoms. The maximum atomic E-state index is 5.85. The first-order chi connectivity index (χ1) is 9.76. The second kappa shape index (κ2) is 4.94. The summed E-state index contributed by atoms with van der Waals surface area (Å²) in [4.78, 5) is 8.79. The molecule has 3 aromatic rings. The molecule has 102 valence electrons. The number of ether oxygens (including phenoxy) is 1. The van der Waals surface area contributed by atoms with Crippen LogP contribution in [-0.2, 0) is 13.6 Å². The molecular formula is C15H16N4O. The van der Waals surface area contributed by atoms with Crippen LogP contribution in [0.5, 0.6) is 5.75 Å². The lowest BCUT2D eigenvalue weighted by molar-refractivity contribution is 0.416. The molecule has 0 saturated heterocycles. The van der Waals surface area contributed by atoms with E-state index in [4.69, 9.17) is 10.5 Å². The molecule has 0 aliphatic heterocycles. The zero-order chi connectivity index (χ0) is 14.1. The molecule has 0 aliphatic rings. The van der Waals surface area contributed by atoms with Crippen LogP contribution in [0, 0.1) is 0 Å². The zero-order valence-electron chi connectivity index (χ0n) is 11.5. The lowest BCUT2D eigenvalue weighted by Crippen LogP contribution is -1.97. The normalized spacial score (nSPS) is 10.9. The number of fused-ring (bicyclic) bond motifs is 1. The number of aromatic nitrogens is 3. The summed E-state index contributed by atoms with van der Waals surface area (Å²) in [5, 5.41) is 0.988. The summed E-state index contributed by atoms with van der Waals surface area (Å²) in [5.41, 5.74) is 9.56. The topological polar surface area (TPSA) is 66.0 Å². The van der Waals surface area contributed by atoms with E-state index >= 15 is 0 Å². The molecule has 2 N–H and O–H groups in total. The van der Waals surface area contributed by atoms with Gasteiger partial charge in [0.15, 0.2) is 0 Å². The second-order valence-electron chi connectivity index (χ2n) is 4.59. The third-order valence-electron chi connectivity index (χ3n) is 3.41. The smallest absolute Gasteiger partial charge is 0.144 e. The van der Waals surface area contributed by atoms with Gasteiger partial charge < -0.3 is 15.0 Å². The van der Waals surface area contributed by atoms with E-state index in [9.17, 15) is 0 Å². The van der Waals surface area contributed by atoms with Crippen LogP contribution in [0.2, 0.25) is 0 Å². The summed E-state index contributed by atoms with van der Waals surface area (Å²) in [6.07, 6.45) is 3.57. The molecule has 5 heteroatoms. The Balaban J connectivity index is 2.36. The monoisotopic (exact) mass is 268 g/mol. The largest absolute Gasteiger partial charge is 0.496 e. The molecule has 0 saturated carbocycles. The summed E-state index contributed by atoms with van der Waals surface area (Å²) in [5.74, 6) is 0.791. The summed E-state index contributed by atoms with van der Waals surface area (Å²) in [6.45, 7) is 0.451. The first-order valence-electron chi connectivity index (χ1n) is 6.38. The van der Waals surface area contributed by atoms with E-state index in [2.05, 4.69) is 9.97 Å². The van der Waals surface area contributed by atoms with Crippen LogP contribution in [0.15, 0.2) is 36.8 Å². The molecule has 0 atom stereocenters. The van der Waals surface area contributed by atoms with Gasteiger partial charge in [-0.3, -0.25) is 0 Å².